The fourth-order valence-corrected chi connectivity index (χ4v) is 1.23. The van der Waals surface area contributed by atoms with Gasteiger partial charge in [-0.05, 0) is 20.3 Å². The van der Waals surface area contributed by atoms with Crippen LogP contribution in [0, 0.1) is 6.92 Å². The Hall–Kier alpha value is -1.25. The van der Waals surface area contributed by atoms with Crippen molar-refractivity contribution in [1.82, 2.24) is 9.97 Å². The molecular weight excluding hydrogens is 162 g/mol. The van der Waals surface area contributed by atoms with E-state index in [1.165, 1.54) is 0 Å². The van der Waals surface area contributed by atoms with Crippen molar-refractivity contribution < 1.29 is 0 Å². The predicted octanol–water partition coefficient (Wildman–Crippen LogP) is 2.46. The Morgan fingerprint density at radius 3 is 2.85 bits per heavy atom. The Kier molecular flexibility index (Phi) is 3.55. The predicted molar refractivity (Wildman–Crippen MR) is 54.6 cm³/mol. The van der Waals surface area contributed by atoms with E-state index < -0.39 is 0 Å². The first kappa shape index (κ1) is 9.84. The topological polar surface area (TPSA) is 38.1 Å². The molecule has 0 aliphatic heterocycles. The van der Waals surface area contributed by atoms with Crippen LogP contribution in [0.2, 0.25) is 0 Å². The molecule has 1 rings (SSSR count). The summed E-state index contributed by atoms with van der Waals surface area (Å²) in [7, 11) is 0. The third kappa shape index (κ3) is 2.34. The minimum atomic E-state index is 0.937. The maximum absolute atomic E-state index is 4.27. The van der Waals surface area contributed by atoms with Crippen LogP contribution in [0.25, 0.3) is 0 Å². The molecule has 0 atom stereocenters. The van der Waals surface area contributed by atoms with E-state index in [4.69, 9.17) is 0 Å². The van der Waals surface area contributed by atoms with E-state index in [1.807, 2.05) is 13.8 Å². The zero-order valence-corrected chi connectivity index (χ0v) is 8.41. The van der Waals surface area contributed by atoms with E-state index >= 15 is 0 Å². The second-order valence-electron chi connectivity index (χ2n) is 2.89. The van der Waals surface area contributed by atoms with Crippen LogP contribution in [0.1, 0.15) is 31.7 Å². The number of nitrogens with zero attached hydrogens (tertiary/aromatic N) is 3. The summed E-state index contributed by atoms with van der Waals surface area (Å²) < 4.78 is 0. The normalized spacial score (nSPS) is 11.0. The van der Waals surface area contributed by atoms with Gasteiger partial charge in [0.15, 0.2) is 0 Å². The molecule has 13 heavy (non-hydrogen) atoms. The van der Waals surface area contributed by atoms with Gasteiger partial charge in [-0.25, -0.2) is 9.97 Å². The van der Waals surface area contributed by atoms with Crippen molar-refractivity contribution in [2.45, 2.75) is 33.6 Å². The molecule has 0 saturated heterocycles. The van der Waals surface area contributed by atoms with E-state index in [-0.39, 0.29) is 0 Å². The highest BCUT2D eigenvalue weighted by Crippen LogP contribution is 2.20. The molecule has 0 aliphatic carbocycles. The molecule has 3 heteroatoms. The van der Waals surface area contributed by atoms with Gasteiger partial charge in [0.25, 0.3) is 0 Å². The zero-order valence-electron chi connectivity index (χ0n) is 8.41. The Labute approximate surface area is 79.0 Å². The summed E-state index contributed by atoms with van der Waals surface area (Å²) in [5.41, 5.74) is 2.94. The molecule has 1 heterocycles. The fourth-order valence-electron chi connectivity index (χ4n) is 1.23. The number of hydrogen-bond donors (Lipinski definition) is 0. The van der Waals surface area contributed by atoms with E-state index in [0.29, 0.717) is 0 Å². The molecule has 1 aromatic rings. The fraction of sp³-hybridized carbons (Fsp3) is 0.500. The van der Waals surface area contributed by atoms with Gasteiger partial charge in [-0.1, -0.05) is 13.3 Å². The first-order chi connectivity index (χ1) is 6.29. The lowest BCUT2D eigenvalue weighted by Gasteiger charge is -2.04. The first-order valence-corrected chi connectivity index (χ1v) is 4.58. The molecule has 0 unspecified atom stereocenters. The first-order valence-electron chi connectivity index (χ1n) is 4.58. The largest absolute Gasteiger partial charge is 0.258 e. The Morgan fingerprint density at radius 1 is 1.46 bits per heavy atom. The van der Waals surface area contributed by atoms with Crippen LogP contribution >= 0.6 is 0 Å². The zero-order chi connectivity index (χ0) is 9.68. The molecule has 0 amide bonds. The average Bonchev–Trinajstić information content (AvgIpc) is 2.11. The van der Waals surface area contributed by atoms with E-state index in [1.54, 1.807) is 12.5 Å². The van der Waals surface area contributed by atoms with E-state index in [0.717, 1.165) is 29.9 Å². The minimum absolute atomic E-state index is 0.937. The molecule has 1 aromatic heterocycles. The lowest BCUT2D eigenvalue weighted by Crippen LogP contribution is -1.94. The monoisotopic (exact) mass is 177 g/mol. The summed E-state index contributed by atoms with van der Waals surface area (Å²) in [5.74, 6) is 0. The van der Waals surface area contributed by atoms with Crippen LogP contribution < -0.4 is 0 Å². The lowest BCUT2D eigenvalue weighted by molar-refractivity contribution is 0.866. The maximum Gasteiger partial charge on any atom is 0.116 e. The molecule has 3 nitrogen and oxygen atoms in total. The van der Waals surface area contributed by atoms with Crippen molar-refractivity contribution >= 4 is 11.9 Å². The van der Waals surface area contributed by atoms with Crippen LogP contribution in [0.5, 0.6) is 0 Å². The standard InChI is InChI=1S/C10H15N3/c1-4-6-9-10(11-5-2)8(3)12-7-13-9/h5,7H,4,6H2,1-3H3/b11-5-. The molecule has 0 aliphatic rings. The summed E-state index contributed by atoms with van der Waals surface area (Å²) in [5, 5.41) is 0. The number of aromatic nitrogens is 2. The average molecular weight is 177 g/mol. The van der Waals surface area contributed by atoms with Gasteiger partial charge < -0.3 is 0 Å². The van der Waals surface area contributed by atoms with Gasteiger partial charge in [-0.3, -0.25) is 4.99 Å². The van der Waals surface area contributed by atoms with Crippen molar-refractivity contribution in [2.24, 2.45) is 4.99 Å². The van der Waals surface area contributed by atoms with Crippen LogP contribution in [0.15, 0.2) is 11.3 Å². The highest BCUT2D eigenvalue weighted by atomic mass is 14.9. The summed E-state index contributed by atoms with van der Waals surface area (Å²) in [4.78, 5) is 12.6. The van der Waals surface area contributed by atoms with Crippen LogP contribution in [0.4, 0.5) is 5.69 Å². The Bertz CT molecular complexity index is 305. The quantitative estimate of drug-likeness (QED) is 0.665. The van der Waals surface area contributed by atoms with E-state index in [9.17, 15) is 0 Å². The number of aryl methyl sites for hydroxylation is 2. The highest BCUT2D eigenvalue weighted by Gasteiger charge is 2.04. The van der Waals surface area contributed by atoms with Gasteiger partial charge in [-0.15, -0.1) is 0 Å². The van der Waals surface area contributed by atoms with Crippen LogP contribution in [0.3, 0.4) is 0 Å². The minimum Gasteiger partial charge on any atom is -0.258 e. The molecule has 0 N–H and O–H groups in total. The molecule has 0 spiro atoms. The third-order valence-corrected chi connectivity index (χ3v) is 1.83. The molecular formula is C10H15N3. The molecule has 0 bridgehead atoms. The lowest BCUT2D eigenvalue weighted by atomic mass is 10.2. The second-order valence-corrected chi connectivity index (χ2v) is 2.89. The van der Waals surface area contributed by atoms with Gasteiger partial charge in [0.2, 0.25) is 0 Å². The van der Waals surface area contributed by atoms with Gasteiger partial charge in [0.05, 0.1) is 11.4 Å². The highest BCUT2D eigenvalue weighted by molar-refractivity contribution is 5.62. The number of aliphatic imine (C=N–C) groups is 1. The number of rotatable bonds is 3. The van der Waals surface area contributed by atoms with Crippen molar-refractivity contribution in [1.29, 1.82) is 0 Å². The second kappa shape index (κ2) is 4.70. The van der Waals surface area contributed by atoms with Crippen LogP contribution in [-0.4, -0.2) is 16.2 Å². The van der Waals surface area contributed by atoms with Crippen LogP contribution in [-0.2, 0) is 6.42 Å². The smallest absolute Gasteiger partial charge is 0.116 e. The summed E-state index contributed by atoms with van der Waals surface area (Å²) in [6, 6.07) is 0. The van der Waals surface area contributed by atoms with E-state index in [2.05, 4.69) is 21.9 Å². The summed E-state index contributed by atoms with van der Waals surface area (Å²) in [6.07, 6.45) is 5.44. The molecule has 0 aromatic carbocycles. The van der Waals surface area contributed by atoms with Gasteiger partial charge in [-0.2, -0.15) is 0 Å². The maximum atomic E-state index is 4.27. The van der Waals surface area contributed by atoms with Crippen molar-refractivity contribution in [3.05, 3.63) is 17.7 Å². The third-order valence-electron chi connectivity index (χ3n) is 1.83. The van der Waals surface area contributed by atoms with Crippen molar-refractivity contribution in [3.63, 3.8) is 0 Å². The number of hydrogen-bond acceptors (Lipinski definition) is 3. The molecule has 0 fully saturated rings. The summed E-state index contributed by atoms with van der Waals surface area (Å²) in [6.45, 7) is 6.00. The molecule has 0 saturated carbocycles. The molecule has 0 radical (unpaired) electrons. The Balaban J connectivity index is 3.09. The van der Waals surface area contributed by atoms with Gasteiger partial charge >= 0.3 is 0 Å². The summed E-state index contributed by atoms with van der Waals surface area (Å²) >= 11 is 0. The van der Waals surface area contributed by atoms with Gasteiger partial charge in [0.1, 0.15) is 12.0 Å². The molecule has 70 valence electrons. The van der Waals surface area contributed by atoms with Crippen molar-refractivity contribution in [2.75, 3.05) is 0 Å². The Morgan fingerprint density at radius 2 is 2.23 bits per heavy atom. The SMILES string of the molecule is C/C=N\c1c(C)ncnc1CCC. The van der Waals surface area contributed by atoms with Crippen molar-refractivity contribution in [3.8, 4) is 0 Å². The van der Waals surface area contributed by atoms with Gasteiger partial charge in [0, 0.05) is 6.21 Å².